The van der Waals surface area contributed by atoms with Gasteiger partial charge in [-0.1, -0.05) is 51.4 Å². The standard InChI is InChI=1S/C14H22ClN/c1-10(2)14(9-16-11(3)4)12-5-7-13(15)8-6-12/h5-8,10-11,14,16H,9H2,1-4H3. The number of hydrogen-bond donors (Lipinski definition) is 1. The summed E-state index contributed by atoms with van der Waals surface area (Å²) < 4.78 is 0. The topological polar surface area (TPSA) is 12.0 Å². The molecule has 0 saturated carbocycles. The Bertz CT molecular complexity index is 303. The summed E-state index contributed by atoms with van der Waals surface area (Å²) in [6.07, 6.45) is 0. The van der Waals surface area contributed by atoms with Crippen LogP contribution in [0.2, 0.25) is 5.02 Å². The second-order valence-corrected chi connectivity index (χ2v) is 5.40. The molecule has 0 heterocycles. The van der Waals surface area contributed by atoms with Crippen molar-refractivity contribution in [1.82, 2.24) is 5.32 Å². The van der Waals surface area contributed by atoms with E-state index in [9.17, 15) is 0 Å². The van der Waals surface area contributed by atoms with Crippen LogP contribution in [0.1, 0.15) is 39.2 Å². The molecule has 0 aliphatic heterocycles. The number of nitrogens with one attached hydrogen (secondary N) is 1. The second-order valence-electron chi connectivity index (χ2n) is 4.97. The minimum absolute atomic E-state index is 0.536. The van der Waals surface area contributed by atoms with Crippen molar-refractivity contribution in [2.75, 3.05) is 6.54 Å². The molecule has 16 heavy (non-hydrogen) atoms. The van der Waals surface area contributed by atoms with Crippen molar-refractivity contribution in [2.24, 2.45) is 5.92 Å². The average Bonchev–Trinajstić information content (AvgIpc) is 2.20. The molecular formula is C14H22ClN. The van der Waals surface area contributed by atoms with E-state index in [2.05, 4.69) is 45.1 Å². The van der Waals surface area contributed by atoms with Crippen LogP contribution in [0.5, 0.6) is 0 Å². The molecule has 1 unspecified atom stereocenters. The lowest BCUT2D eigenvalue weighted by atomic mass is 9.88. The third-order valence-electron chi connectivity index (χ3n) is 2.85. The van der Waals surface area contributed by atoms with Crippen molar-refractivity contribution in [1.29, 1.82) is 0 Å². The SMILES string of the molecule is CC(C)NCC(c1ccc(Cl)cc1)C(C)C. The zero-order chi connectivity index (χ0) is 12.1. The summed E-state index contributed by atoms with van der Waals surface area (Å²) in [7, 11) is 0. The van der Waals surface area contributed by atoms with Crippen LogP contribution < -0.4 is 5.32 Å². The van der Waals surface area contributed by atoms with Gasteiger partial charge in [-0.05, 0) is 29.5 Å². The Morgan fingerprint density at radius 2 is 1.62 bits per heavy atom. The molecule has 1 aromatic carbocycles. The van der Waals surface area contributed by atoms with E-state index in [4.69, 9.17) is 11.6 Å². The Kier molecular flexibility index (Phi) is 5.30. The van der Waals surface area contributed by atoms with Gasteiger partial charge in [0, 0.05) is 17.6 Å². The predicted molar refractivity (Wildman–Crippen MR) is 72.2 cm³/mol. The van der Waals surface area contributed by atoms with Crippen LogP contribution in [-0.2, 0) is 0 Å². The smallest absolute Gasteiger partial charge is 0.0406 e. The zero-order valence-electron chi connectivity index (χ0n) is 10.6. The van der Waals surface area contributed by atoms with Crippen LogP contribution in [0.15, 0.2) is 24.3 Å². The van der Waals surface area contributed by atoms with Crippen LogP contribution in [0.3, 0.4) is 0 Å². The van der Waals surface area contributed by atoms with E-state index in [0.717, 1.165) is 11.6 Å². The van der Waals surface area contributed by atoms with Crippen LogP contribution in [-0.4, -0.2) is 12.6 Å². The van der Waals surface area contributed by atoms with Gasteiger partial charge >= 0.3 is 0 Å². The highest BCUT2D eigenvalue weighted by Crippen LogP contribution is 2.25. The molecule has 1 rings (SSSR count). The van der Waals surface area contributed by atoms with Gasteiger partial charge in [0.15, 0.2) is 0 Å². The van der Waals surface area contributed by atoms with Gasteiger partial charge < -0.3 is 5.32 Å². The minimum atomic E-state index is 0.536. The van der Waals surface area contributed by atoms with Crippen molar-refractivity contribution in [3.05, 3.63) is 34.9 Å². The molecule has 1 aromatic rings. The monoisotopic (exact) mass is 239 g/mol. The van der Waals surface area contributed by atoms with E-state index in [1.807, 2.05) is 12.1 Å². The van der Waals surface area contributed by atoms with Gasteiger partial charge in [-0.15, -0.1) is 0 Å². The maximum atomic E-state index is 5.91. The summed E-state index contributed by atoms with van der Waals surface area (Å²) in [6.45, 7) is 9.91. The molecule has 0 saturated heterocycles. The zero-order valence-corrected chi connectivity index (χ0v) is 11.4. The summed E-state index contributed by atoms with van der Waals surface area (Å²) in [5.74, 6) is 1.19. The molecule has 0 aliphatic carbocycles. The fourth-order valence-corrected chi connectivity index (χ4v) is 1.94. The highest BCUT2D eigenvalue weighted by atomic mass is 35.5. The van der Waals surface area contributed by atoms with Gasteiger partial charge in [0.25, 0.3) is 0 Å². The molecule has 1 N–H and O–H groups in total. The van der Waals surface area contributed by atoms with Gasteiger partial charge in [0.2, 0.25) is 0 Å². The van der Waals surface area contributed by atoms with E-state index >= 15 is 0 Å². The molecule has 0 amide bonds. The summed E-state index contributed by atoms with van der Waals surface area (Å²) in [5, 5.41) is 4.32. The number of hydrogen-bond acceptors (Lipinski definition) is 1. The highest BCUT2D eigenvalue weighted by molar-refractivity contribution is 6.30. The van der Waals surface area contributed by atoms with Crippen molar-refractivity contribution >= 4 is 11.6 Å². The van der Waals surface area contributed by atoms with Crippen LogP contribution >= 0.6 is 11.6 Å². The average molecular weight is 240 g/mol. The Labute approximate surface area is 104 Å². The summed E-state index contributed by atoms with van der Waals surface area (Å²) in [4.78, 5) is 0. The van der Waals surface area contributed by atoms with E-state index in [1.165, 1.54) is 5.56 Å². The Morgan fingerprint density at radius 3 is 2.06 bits per heavy atom. The Hall–Kier alpha value is -0.530. The molecule has 0 radical (unpaired) electrons. The highest BCUT2D eigenvalue weighted by Gasteiger charge is 2.15. The van der Waals surface area contributed by atoms with E-state index in [-0.39, 0.29) is 0 Å². The number of benzene rings is 1. The quantitative estimate of drug-likeness (QED) is 0.817. The minimum Gasteiger partial charge on any atom is -0.314 e. The van der Waals surface area contributed by atoms with Crippen molar-refractivity contribution in [2.45, 2.75) is 39.7 Å². The number of rotatable bonds is 5. The normalized spacial score (nSPS) is 13.4. The largest absolute Gasteiger partial charge is 0.314 e. The first-order chi connectivity index (χ1) is 7.50. The molecule has 0 spiro atoms. The molecule has 2 heteroatoms. The van der Waals surface area contributed by atoms with Gasteiger partial charge in [-0.25, -0.2) is 0 Å². The molecule has 90 valence electrons. The molecular weight excluding hydrogens is 218 g/mol. The van der Waals surface area contributed by atoms with Gasteiger partial charge in [0.05, 0.1) is 0 Å². The molecule has 0 aromatic heterocycles. The fourth-order valence-electron chi connectivity index (χ4n) is 1.81. The first-order valence-electron chi connectivity index (χ1n) is 5.99. The van der Waals surface area contributed by atoms with E-state index < -0.39 is 0 Å². The maximum Gasteiger partial charge on any atom is 0.0406 e. The lowest BCUT2D eigenvalue weighted by molar-refractivity contribution is 0.441. The third kappa shape index (κ3) is 4.15. The molecule has 0 aliphatic rings. The predicted octanol–water partition coefficient (Wildman–Crippen LogP) is 4.08. The van der Waals surface area contributed by atoms with Crippen molar-refractivity contribution in [3.63, 3.8) is 0 Å². The van der Waals surface area contributed by atoms with Crippen LogP contribution in [0, 0.1) is 5.92 Å². The second kappa shape index (κ2) is 6.27. The summed E-state index contributed by atoms with van der Waals surface area (Å²) in [5.41, 5.74) is 1.37. The molecule has 0 bridgehead atoms. The Morgan fingerprint density at radius 1 is 1.06 bits per heavy atom. The molecule has 0 fully saturated rings. The van der Waals surface area contributed by atoms with E-state index in [0.29, 0.717) is 17.9 Å². The lowest BCUT2D eigenvalue weighted by Gasteiger charge is -2.23. The molecule has 1 nitrogen and oxygen atoms in total. The van der Waals surface area contributed by atoms with Crippen molar-refractivity contribution in [3.8, 4) is 0 Å². The van der Waals surface area contributed by atoms with E-state index in [1.54, 1.807) is 0 Å². The van der Waals surface area contributed by atoms with Gasteiger partial charge in [0.1, 0.15) is 0 Å². The fraction of sp³-hybridized carbons (Fsp3) is 0.571. The van der Waals surface area contributed by atoms with Crippen LogP contribution in [0.4, 0.5) is 0 Å². The first kappa shape index (κ1) is 13.5. The number of halogens is 1. The first-order valence-corrected chi connectivity index (χ1v) is 6.37. The van der Waals surface area contributed by atoms with Gasteiger partial charge in [-0.3, -0.25) is 0 Å². The third-order valence-corrected chi connectivity index (χ3v) is 3.10. The lowest BCUT2D eigenvalue weighted by Crippen LogP contribution is -2.30. The Balaban J connectivity index is 2.73. The van der Waals surface area contributed by atoms with Crippen LogP contribution in [0.25, 0.3) is 0 Å². The molecule has 1 atom stereocenters. The summed E-state index contributed by atoms with van der Waals surface area (Å²) >= 11 is 5.91. The van der Waals surface area contributed by atoms with Gasteiger partial charge in [-0.2, -0.15) is 0 Å². The maximum absolute atomic E-state index is 5.91. The summed E-state index contributed by atoms with van der Waals surface area (Å²) in [6, 6.07) is 8.75. The van der Waals surface area contributed by atoms with Crippen molar-refractivity contribution < 1.29 is 0 Å².